The minimum atomic E-state index is -0.281. The molecule has 0 radical (unpaired) electrons. The first-order chi connectivity index (χ1) is 6.59. The van der Waals surface area contributed by atoms with E-state index in [0.717, 1.165) is 16.3 Å². The van der Waals surface area contributed by atoms with Crippen LogP contribution in [-0.2, 0) is 10.5 Å². The van der Waals surface area contributed by atoms with Crippen LogP contribution >= 0.6 is 23.4 Å². The molecular formula is C10H12ClNOS. The highest BCUT2D eigenvalue weighted by Crippen LogP contribution is 2.19. The van der Waals surface area contributed by atoms with Crippen molar-refractivity contribution in [2.75, 3.05) is 0 Å². The zero-order valence-corrected chi connectivity index (χ0v) is 9.44. The van der Waals surface area contributed by atoms with Crippen molar-refractivity contribution in [3.8, 4) is 0 Å². The highest BCUT2D eigenvalue weighted by atomic mass is 35.5. The molecule has 0 heterocycles. The molecule has 0 spiro atoms. The van der Waals surface area contributed by atoms with Crippen LogP contribution in [0.4, 0.5) is 0 Å². The summed E-state index contributed by atoms with van der Waals surface area (Å²) >= 11 is 7.33. The number of carbonyl (C=O) groups is 1. The van der Waals surface area contributed by atoms with Crippen LogP contribution in [0.1, 0.15) is 12.5 Å². The average Bonchev–Trinajstić information content (AvgIpc) is 2.14. The van der Waals surface area contributed by atoms with Crippen LogP contribution in [0.25, 0.3) is 0 Å². The molecule has 76 valence electrons. The third kappa shape index (κ3) is 3.60. The van der Waals surface area contributed by atoms with Gasteiger partial charge in [-0.3, -0.25) is 4.79 Å². The van der Waals surface area contributed by atoms with Gasteiger partial charge < -0.3 is 5.73 Å². The Kier molecular flexibility index (Phi) is 4.29. The molecule has 1 atom stereocenters. The second-order valence-electron chi connectivity index (χ2n) is 2.99. The van der Waals surface area contributed by atoms with Gasteiger partial charge >= 0.3 is 0 Å². The molecule has 2 N–H and O–H groups in total. The molecule has 2 nitrogen and oxygen atoms in total. The van der Waals surface area contributed by atoms with Gasteiger partial charge in [0.25, 0.3) is 0 Å². The number of amides is 1. The van der Waals surface area contributed by atoms with Crippen molar-refractivity contribution in [2.45, 2.75) is 17.9 Å². The number of nitrogens with two attached hydrogens (primary N) is 1. The van der Waals surface area contributed by atoms with E-state index >= 15 is 0 Å². The lowest BCUT2D eigenvalue weighted by Gasteiger charge is -2.06. The normalized spacial score (nSPS) is 12.4. The lowest BCUT2D eigenvalue weighted by molar-refractivity contribution is -0.117. The number of benzene rings is 1. The Morgan fingerprint density at radius 2 is 2.36 bits per heavy atom. The van der Waals surface area contributed by atoms with E-state index in [1.165, 1.54) is 11.8 Å². The fourth-order valence-electron chi connectivity index (χ4n) is 0.930. The molecule has 0 aromatic heterocycles. The van der Waals surface area contributed by atoms with Gasteiger partial charge in [-0.1, -0.05) is 23.7 Å². The molecule has 0 unspecified atom stereocenters. The van der Waals surface area contributed by atoms with Gasteiger partial charge in [-0.05, 0) is 24.6 Å². The molecule has 0 bridgehead atoms. The molecule has 1 amide bonds. The van der Waals surface area contributed by atoms with Crippen molar-refractivity contribution < 1.29 is 4.79 Å². The summed E-state index contributed by atoms with van der Waals surface area (Å²) in [4.78, 5) is 10.8. The fourth-order valence-corrected chi connectivity index (χ4v) is 1.93. The van der Waals surface area contributed by atoms with Gasteiger partial charge in [-0.25, -0.2) is 0 Å². The van der Waals surface area contributed by atoms with E-state index in [1.54, 1.807) is 6.92 Å². The predicted octanol–water partition coefficient (Wildman–Crippen LogP) is 2.45. The number of carbonyl (C=O) groups excluding carboxylic acids is 1. The van der Waals surface area contributed by atoms with Gasteiger partial charge in [0.1, 0.15) is 0 Å². The minimum Gasteiger partial charge on any atom is -0.369 e. The molecule has 1 aromatic rings. The van der Waals surface area contributed by atoms with E-state index < -0.39 is 0 Å². The number of rotatable bonds is 4. The number of hydrogen-bond acceptors (Lipinski definition) is 2. The van der Waals surface area contributed by atoms with Crippen molar-refractivity contribution >= 4 is 29.3 Å². The summed E-state index contributed by atoms with van der Waals surface area (Å²) < 4.78 is 0. The summed E-state index contributed by atoms with van der Waals surface area (Å²) in [5.74, 6) is 0.474. The van der Waals surface area contributed by atoms with Crippen LogP contribution in [0.15, 0.2) is 24.3 Å². The van der Waals surface area contributed by atoms with Gasteiger partial charge in [0.15, 0.2) is 0 Å². The third-order valence-electron chi connectivity index (χ3n) is 1.79. The summed E-state index contributed by atoms with van der Waals surface area (Å²) in [6.45, 7) is 1.80. The molecule has 0 aliphatic heterocycles. The summed E-state index contributed by atoms with van der Waals surface area (Å²) in [6, 6.07) is 7.59. The molecule has 0 saturated carbocycles. The lowest BCUT2D eigenvalue weighted by atomic mass is 10.2. The smallest absolute Gasteiger partial charge is 0.230 e. The maximum atomic E-state index is 10.8. The first-order valence-corrected chi connectivity index (χ1v) is 5.67. The molecule has 0 fully saturated rings. The van der Waals surface area contributed by atoms with E-state index in [4.69, 9.17) is 17.3 Å². The Labute approximate surface area is 92.8 Å². The molecular weight excluding hydrogens is 218 g/mol. The van der Waals surface area contributed by atoms with Crippen LogP contribution in [-0.4, -0.2) is 11.2 Å². The van der Waals surface area contributed by atoms with Crippen LogP contribution in [0.5, 0.6) is 0 Å². The van der Waals surface area contributed by atoms with Crippen LogP contribution in [0.2, 0.25) is 5.02 Å². The van der Waals surface area contributed by atoms with E-state index in [2.05, 4.69) is 0 Å². The molecule has 4 heteroatoms. The maximum Gasteiger partial charge on any atom is 0.230 e. The van der Waals surface area contributed by atoms with E-state index in [-0.39, 0.29) is 11.2 Å². The lowest BCUT2D eigenvalue weighted by Crippen LogP contribution is -2.22. The van der Waals surface area contributed by atoms with E-state index in [1.807, 2.05) is 24.3 Å². The van der Waals surface area contributed by atoms with E-state index in [9.17, 15) is 4.79 Å². The van der Waals surface area contributed by atoms with Gasteiger partial charge in [-0.15, -0.1) is 11.8 Å². The summed E-state index contributed by atoms with van der Waals surface area (Å²) in [7, 11) is 0. The topological polar surface area (TPSA) is 43.1 Å². The summed E-state index contributed by atoms with van der Waals surface area (Å²) in [5, 5.41) is 0.559. The number of hydrogen-bond donors (Lipinski definition) is 1. The van der Waals surface area contributed by atoms with Crippen molar-refractivity contribution in [1.29, 1.82) is 0 Å². The molecule has 0 aliphatic carbocycles. The molecule has 1 aromatic carbocycles. The monoisotopic (exact) mass is 229 g/mol. The zero-order valence-electron chi connectivity index (χ0n) is 7.87. The quantitative estimate of drug-likeness (QED) is 0.862. The minimum absolute atomic E-state index is 0.158. The predicted molar refractivity (Wildman–Crippen MR) is 61.4 cm³/mol. The van der Waals surface area contributed by atoms with Crippen molar-refractivity contribution in [2.24, 2.45) is 5.73 Å². The van der Waals surface area contributed by atoms with Crippen molar-refractivity contribution in [3.63, 3.8) is 0 Å². The summed E-state index contributed by atoms with van der Waals surface area (Å²) in [6.07, 6.45) is 0. The second-order valence-corrected chi connectivity index (χ2v) is 4.75. The fraction of sp³-hybridized carbons (Fsp3) is 0.300. The summed E-state index contributed by atoms with van der Waals surface area (Å²) in [5.41, 5.74) is 6.25. The first-order valence-electron chi connectivity index (χ1n) is 4.25. The maximum absolute atomic E-state index is 10.8. The Hall–Kier alpha value is -0.670. The zero-order chi connectivity index (χ0) is 10.6. The SMILES string of the molecule is C[C@@H](SCc1cccc(Cl)c1)C(N)=O. The first kappa shape index (κ1) is 11.4. The standard InChI is InChI=1S/C10H12ClNOS/c1-7(10(12)13)14-6-8-3-2-4-9(11)5-8/h2-5,7H,6H2,1H3,(H2,12,13)/t7-/m1/s1. The van der Waals surface area contributed by atoms with Crippen molar-refractivity contribution in [1.82, 2.24) is 0 Å². The van der Waals surface area contributed by atoms with E-state index in [0.29, 0.717) is 0 Å². The highest BCUT2D eigenvalue weighted by molar-refractivity contribution is 7.99. The van der Waals surface area contributed by atoms with Crippen LogP contribution < -0.4 is 5.73 Å². The molecule has 1 rings (SSSR count). The molecule has 0 saturated heterocycles. The largest absolute Gasteiger partial charge is 0.369 e. The highest BCUT2D eigenvalue weighted by Gasteiger charge is 2.08. The van der Waals surface area contributed by atoms with Crippen molar-refractivity contribution in [3.05, 3.63) is 34.9 Å². The molecule has 14 heavy (non-hydrogen) atoms. The number of primary amides is 1. The Morgan fingerprint density at radius 3 is 2.93 bits per heavy atom. The van der Waals surface area contributed by atoms with Gasteiger partial charge in [-0.2, -0.15) is 0 Å². The number of thioether (sulfide) groups is 1. The number of halogens is 1. The second kappa shape index (κ2) is 5.27. The van der Waals surface area contributed by atoms with Gasteiger partial charge in [0.05, 0.1) is 5.25 Å². The Bertz CT molecular complexity index is 330. The van der Waals surface area contributed by atoms with Gasteiger partial charge in [0, 0.05) is 10.8 Å². The molecule has 0 aliphatic rings. The third-order valence-corrected chi connectivity index (χ3v) is 3.26. The Balaban J connectivity index is 2.49. The Morgan fingerprint density at radius 1 is 1.64 bits per heavy atom. The van der Waals surface area contributed by atoms with Gasteiger partial charge in [0.2, 0.25) is 5.91 Å². The average molecular weight is 230 g/mol. The van der Waals surface area contributed by atoms with Crippen LogP contribution in [0.3, 0.4) is 0 Å². The van der Waals surface area contributed by atoms with Crippen LogP contribution in [0, 0.1) is 0 Å².